The molecule has 0 fully saturated rings. The fourth-order valence-corrected chi connectivity index (χ4v) is 0.224. The number of rotatable bonds is 1. The molecule has 0 aromatic rings. The minimum Gasteiger partial charge on any atom is -0.384 e. The first-order chi connectivity index (χ1) is 3.31. The summed E-state index contributed by atoms with van der Waals surface area (Å²) in [5.74, 6) is 0.572. The normalized spacial score (nSPS) is 13.1. The van der Waals surface area contributed by atoms with Crippen molar-refractivity contribution < 1.29 is 0 Å². The molecule has 0 aromatic carbocycles. The Morgan fingerprint density at radius 3 is 2.29 bits per heavy atom. The minimum atomic E-state index is 0.572. The Hall–Kier alpha value is -0.790. The van der Waals surface area contributed by atoms with E-state index in [4.69, 9.17) is 5.73 Å². The van der Waals surface area contributed by atoms with E-state index >= 15 is 0 Å². The molecule has 0 saturated carbocycles. The van der Waals surface area contributed by atoms with E-state index in [1.165, 1.54) is 0 Å². The van der Waals surface area contributed by atoms with E-state index in [1.54, 1.807) is 12.3 Å². The maximum Gasteiger partial charge on any atom is 0.118 e. The molecule has 0 radical (unpaired) electrons. The van der Waals surface area contributed by atoms with E-state index in [2.05, 4.69) is 4.99 Å². The van der Waals surface area contributed by atoms with Crippen LogP contribution in [0.15, 0.2) is 16.9 Å². The topological polar surface area (TPSA) is 38.4 Å². The second-order valence-corrected chi connectivity index (χ2v) is 1.10. The van der Waals surface area contributed by atoms with Gasteiger partial charge in [0.15, 0.2) is 0 Å². The predicted molar refractivity (Wildman–Crippen MR) is 32.1 cm³/mol. The molecule has 0 heterocycles. The zero-order chi connectivity index (χ0) is 5.70. The summed E-state index contributed by atoms with van der Waals surface area (Å²) in [6, 6.07) is 0. The van der Waals surface area contributed by atoms with Gasteiger partial charge < -0.3 is 5.73 Å². The van der Waals surface area contributed by atoms with Crippen molar-refractivity contribution in [2.75, 3.05) is 0 Å². The first-order valence-corrected chi connectivity index (χ1v) is 2.21. The van der Waals surface area contributed by atoms with Crippen LogP contribution in [0.4, 0.5) is 0 Å². The van der Waals surface area contributed by atoms with Crippen LogP contribution < -0.4 is 5.73 Å². The molecule has 40 valence electrons. The van der Waals surface area contributed by atoms with Crippen molar-refractivity contribution >= 4 is 6.21 Å². The highest BCUT2D eigenvalue weighted by Gasteiger charge is 1.70. The van der Waals surface area contributed by atoms with Crippen molar-refractivity contribution in [3.05, 3.63) is 11.9 Å². The van der Waals surface area contributed by atoms with Crippen molar-refractivity contribution in [3.63, 3.8) is 0 Å². The van der Waals surface area contributed by atoms with Crippen molar-refractivity contribution in [2.24, 2.45) is 10.7 Å². The monoisotopic (exact) mass is 98.1 g/mol. The smallest absolute Gasteiger partial charge is 0.118 e. The fourth-order valence-electron chi connectivity index (χ4n) is 0.224. The van der Waals surface area contributed by atoms with Crippen LogP contribution in [-0.4, -0.2) is 6.21 Å². The van der Waals surface area contributed by atoms with Gasteiger partial charge in [-0.05, 0) is 19.9 Å². The quantitative estimate of drug-likeness (QED) is 0.486. The third-order valence-electron chi connectivity index (χ3n) is 0.574. The molecule has 2 heteroatoms. The molecule has 0 aromatic heterocycles. The maximum absolute atomic E-state index is 5.25. The molecule has 0 rings (SSSR count). The molecule has 2 N–H and O–H groups in total. The third-order valence-corrected chi connectivity index (χ3v) is 0.574. The molecule has 0 atom stereocenters. The number of nitrogens with zero attached hydrogens (tertiary/aromatic N) is 1. The molecule has 0 spiro atoms. The molecule has 0 aliphatic carbocycles. The summed E-state index contributed by atoms with van der Waals surface area (Å²) in [5.41, 5.74) is 5.25. The maximum atomic E-state index is 5.25. The second-order valence-electron chi connectivity index (χ2n) is 1.10. The first-order valence-electron chi connectivity index (χ1n) is 2.21. The van der Waals surface area contributed by atoms with E-state index in [0.717, 1.165) is 0 Å². The van der Waals surface area contributed by atoms with Gasteiger partial charge in [-0.3, -0.25) is 0 Å². The minimum absolute atomic E-state index is 0.572. The number of hydrogen-bond donors (Lipinski definition) is 1. The molecule has 0 bridgehead atoms. The van der Waals surface area contributed by atoms with E-state index in [0.29, 0.717) is 5.82 Å². The molecular weight excluding hydrogens is 88.1 g/mol. The van der Waals surface area contributed by atoms with Gasteiger partial charge in [0.25, 0.3) is 0 Å². The van der Waals surface area contributed by atoms with Crippen molar-refractivity contribution in [1.82, 2.24) is 0 Å². The van der Waals surface area contributed by atoms with Crippen molar-refractivity contribution in [1.29, 1.82) is 0 Å². The van der Waals surface area contributed by atoms with Gasteiger partial charge in [0.2, 0.25) is 0 Å². The molecule has 0 saturated heterocycles. The average molecular weight is 98.1 g/mol. The van der Waals surface area contributed by atoms with E-state index in [9.17, 15) is 0 Å². The lowest BCUT2D eigenvalue weighted by Gasteiger charge is -1.83. The Bertz CT molecular complexity index is 92.3. The lowest BCUT2D eigenvalue weighted by atomic mass is 10.6. The number of hydrogen-bond acceptors (Lipinski definition) is 2. The van der Waals surface area contributed by atoms with Gasteiger partial charge in [0.05, 0.1) is 0 Å². The molecule has 0 unspecified atom stereocenters. The summed E-state index contributed by atoms with van der Waals surface area (Å²) in [6.07, 6.45) is 3.41. The van der Waals surface area contributed by atoms with Crippen LogP contribution in [0, 0.1) is 0 Å². The van der Waals surface area contributed by atoms with E-state index < -0.39 is 0 Å². The third kappa shape index (κ3) is 3.03. The van der Waals surface area contributed by atoms with Crippen LogP contribution in [0.1, 0.15) is 13.8 Å². The Labute approximate surface area is 43.7 Å². The van der Waals surface area contributed by atoms with Crippen LogP contribution >= 0.6 is 0 Å². The van der Waals surface area contributed by atoms with Crippen LogP contribution in [-0.2, 0) is 0 Å². The molecule has 0 aliphatic heterocycles. The molecule has 2 nitrogen and oxygen atoms in total. The summed E-state index contributed by atoms with van der Waals surface area (Å²) < 4.78 is 0. The van der Waals surface area contributed by atoms with Crippen LogP contribution in [0.5, 0.6) is 0 Å². The van der Waals surface area contributed by atoms with Crippen LogP contribution in [0.25, 0.3) is 0 Å². The standard InChI is InChI=1S/C5H10N2/c1-3-5(6)7-4-2/h3-4H,6H2,1-2H3/b5-3-,7-4-. The zero-order valence-corrected chi connectivity index (χ0v) is 4.68. The average Bonchev–Trinajstić information content (AvgIpc) is 1.68. The predicted octanol–water partition coefficient (Wildman–Crippen LogP) is 0.897. The first kappa shape index (κ1) is 6.21. The van der Waals surface area contributed by atoms with Crippen molar-refractivity contribution in [3.8, 4) is 0 Å². The fraction of sp³-hybridized carbons (Fsp3) is 0.400. The summed E-state index contributed by atoms with van der Waals surface area (Å²) in [5, 5.41) is 0. The summed E-state index contributed by atoms with van der Waals surface area (Å²) in [7, 11) is 0. The van der Waals surface area contributed by atoms with E-state index in [1.807, 2.05) is 13.8 Å². The number of aliphatic imine (C=N–C) groups is 1. The van der Waals surface area contributed by atoms with Crippen molar-refractivity contribution in [2.45, 2.75) is 13.8 Å². The van der Waals surface area contributed by atoms with Gasteiger partial charge in [-0.2, -0.15) is 0 Å². The Balaban J connectivity index is 3.58. The Morgan fingerprint density at radius 1 is 1.57 bits per heavy atom. The number of allylic oxidation sites excluding steroid dienone is 1. The van der Waals surface area contributed by atoms with Gasteiger partial charge >= 0.3 is 0 Å². The summed E-state index contributed by atoms with van der Waals surface area (Å²) in [4.78, 5) is 3.76. The Kier molecular flexibility index (Phi) is 3.02. The highest BCUT2D eigenvalue weighted by Crippen LogP contribution is 1.79. The van der Waals surface area contributed by atoms with Gasteiger partial charge in [0, 0.05) is 6.21 Å². The lowest BCUT2D eigenvalue weighted by molar-refractivity contribution is 1.23. The van der Waals surface area contributed by atoms with Gasteiger partial charge in [-0.25, -0.2) is 4.99 Å². The number of nitrogens with two attached hydrogens (primary N) is 1. The van der Waals surface area contributed by atoms with E-state index in [-0.39, 0.29) is 0 Å². The largest absolute Gasteiger partial charge is 0.384 e. The highest BCUT2D eigenvalue weighted by molar-refractivity contribution is 5.54. The summed E-state index contributed by atoms with van der Waals surface area (Å²) in [6.45, 7) is 3.68. The lowest BCUT2D eigenvalue weighted by Crippen LogP contribution is -1.90. The van der Waals surface area contributed by atoms with Crippen LogP contribution in [0.3, 0.4) is 0 Å². The Morgan fingerprint density at radius 2 is 2.14 bits per heavy atom. The highest BCUT2D eigenvalue weighted by atomic mass is 14.9. The van der Waals surface area contributed by atoms with Gasteiger partial charge in [-0.15, -0.1) is 0 Å². The molecule has 0 aliphatic rings. The SMILES string of the molecule is C/C=N\C(N)=C/C. The van der Waals surface area contributed by atoms with Gasteiger partial charge in [0.1, 0.15) is 5.82 Å². The second kappa shape index (κ2) is 3.40. The zero-order valence-electron chi connectivity index (χ0n) is 4.68. The summed E-state index contributed by atoms with van der Waals surface area (Å²) >= 11 is 0. The molecule has 7 heavy (non-hydrogen) atoms. The molecular formula is C5H10N2. The van der Waals surface area contributed by atoms with Gasteiger partial charge in [-0.1, -0.05) is 0 Å². The molecule has 0 amide bonds. The van der Waals surface area contributed by atoms with Crippen LogP contribution in [0.2, 0.25) is 0 Å².